The molecule has 1 aliphatic heterocycles. The third-order valence-electron chi connectivity index (χ3n) is 20.5. The maximum absolute atomic E-state index is 6.91. The van der Waals surface area contributed by atoms with E-state index in [1.165, 1.54) is 116 Å². The number of furan rings is 1. The number of hydrogen-bond donors (Lipinski definition) is 0. The normalized spacial score (nSPS) is 11.9. The molecule has 2 nitrogen and oxygen atoms in total. The summed E-state index contributed by atoms with van der Waals surface area (Å²) in [6.45, 7) is 22.7. The molecule has 1 aromatic heterocycles. The molecular weight excluding hydrogens is 1120 g/mol. The lowest BCUT2D eigenvalue weighted by Crippen LogP contribution is -2.59. The molecule has 446 valence electrons. The van der Waals surface area contributed by atoms with Gasteiger partial charge in [0.05, 0.1) is 22.4 Å². The number of anilines is 3. The molecule has 0 aliphatic carbocycles. The molecule has 0 unspecified atom stereocenters. The molecular formula is C88H74B3NO. The summed E-state index contributed by atoms with van der Waals surface area (Å²) in [7, 11) is 0. The molecule has 0 saturated heterocycles. The Balaban J connectivity index is 1.16. The van der Waals surface area contributed by atoms with Crippen LogP contribution in [0.4, 0.5) is 17.1 Å². The number of aryl methyl sites for hydroxylation is 10. The van der Waals surface area contributed by atoms with E-state index in [1.807, 2.05) is 0 Å². The highest BCUT2D eigenvalue weighted by atomic mass is 16.3. The van der Waals surface area contributed by atoms with Crippen LogP contribution in [0.3, 0.4) is 0 Å². The maximum Gasteiger partial charge on any atom is 0.243 e. The van der Waals surface area contributed by atoms with E-state index in [1.54, 1.807) is 0 Å². The average molecular weight is 1190 g/mol. The standard InChI is InChI=1S/C88H74B3NO/c1-55-25-19-26-56(2)84(55)89(85-57(3)27-20-28-58(85)4)69-45-47-76-72(53-69)74-51-67(65-35-13-11-14-36-65)43-49-78(74)92(80-40-24-42-82-83(80)71-39-17-18-41-81(71)93-82)79-50-44-68(66-37-15-12-16-38-66)52-75(79)73-54-70(46-48-77(73)91(76)88-63(9)33-23-34-64(88)10)90(86-59(5)29-21-30-60(86)6)87-61(7)31-22-32-62(87)8/h11-54H,1-10H3. The molecule has 1 aliphatic rings. The van der Waals surface area contributed by atoms with Crippen molar-refractivity contribution < 1.29 is 4.42 Å². The number of para-hydroxylation sites is 1. The average Bonchev–Trinajstić information content (AvgIpc) is 1.08. The van der Waals surface area contributed by atoms with Crippen LogP contribution < -0.4 is 54.1 Å². The molecule has 0 radical (unpaired) electrons. The lowest BCUT2D eigenvalue weighted by Gasteiger charge is -2.35. The van der Waals surface area contributed by atoms with Crippen LogP contribution in [0.2, 0.25) is 0 Å². The smallest absolute Gasteiger partial charge is 0.243 e. The summed E-state index contributed by atoms with van der Waals surface area (Å²) in [5.74, 6) is 0. The predicted octanol–water partition coefficient (Wildman–Crippen LogP) is 16.7. The molecule has 0 atom stereocenters. The third-order valence-corrected chi connectivity index (χ3v) is 20.5. The van der Waals surface area contributed by atoms with Gasteiger partial charge in [0.1, 0.15) is 11.2 Å². The Morgan fingerprint density at radius 1 is 0.280 bits per heavy atom. The van der Waals surface area contributed by atoms with Gasteiger partial charge in [0, 0.05) is 16.5 Å². The Bertz CT molecular complexity index is 4800. The summed E-state index contributed by atoms with van der Waals surface area (Å²) in [6, 6.07) is 101. The summed E-state index contributed by atoms with van der Waals surface area (Å²) < 4.78 is 6.91. The van der Waals surface area contributed by atoms with Gasteiger partial charge >= 0.3 is 0 Å². The van der Waals surface area contributed by atoms with E-state index in [-0.39, 0.29) is 20.1 Å². The van der Waals surface area contributed by atoms with E-state index in [9.17, 15) is 0 Å². The lowest BCUT2D eigenvalue weighted by atomic mass is 9.31. The van der Waals surface area contributed by atoms with E-state index in [4.69, 9.17) is 4.42 Å². The molecule has 93 heavy (non-hydrogen) atoms. The van der Waals surface area contributed by atoms with Crippen LogP contribution in [0.5, 0.6) is 0 Å². The monoisotopic (exact) mass is 1190 g/mol. The van der Waals surface area contributed by atoms with Crippen molar-refractivity contribution in [2.75, 3.05) is 4.90 Å². The van der Waals surface area contributed by atoms with Crippen molar-refractivity contribution in [2.24, 2.45) is 0 Å². The van der Waals surface area contributed by atoms with Gasteiger partial charge in [-0.25, -0.2) is 0 Å². The highest BCUT2D eigenvalue weighted by molar-refractivity contribution is 7.00. The van der Waals surface area contributed by atoms with Gasteiger partial charge in [-0.2, -0.15) is 0 Å². The molecule has 0 saturated carbocycles. The van der Waals surface area contributed by atoms with E-state index in [0.29, 0.717) is 0 Å². The summed E-state index contributed by atoms with van der Waals surface area (Å²) in [6.07, 6.45) is 0. The quantitative estimate of drug-likeness (QED) is 0.127. The van der Waals surface area contributed by atoms with Gasteiger partial charge in [-0.15, -0.1) is 0 Å². The van der Waals surface area contributed by atoms with Gasteiger partial charge in [0.2, 0.25) is 20.1 Å². The minimum absolute atomic E-state index is 0.0756. The highest BCUT2D eigenvalue weighted by Crippen LogP contribution is 2.50. The number of rotatable bonds is 10. The second-order valence-corrected chi connectivity index (χ2v) is 26.3. The molecule has 0 amide bonds. The molecule has 0 spiro atoms. The number of hydrogen-bond acceptors (Lipinski definition) is 2. The van der Waals surface area contributed by atoms with Gasteiger partial charge in [-0.1, -0.05) is 329 Å². The number of benzene rings is 13. The maximum atomic E-state index is 6.91. The first-order valence-corrected chi connectivity index (χ1v) is 33.0. The molecule has 14 aromatic rings. The molecule has 5 heteroatoms. The zero-order valence-corrected chi connectivity index (χ0v) is 55.0. The zero-order valence-electron chi connectivity index (χ0n) is 55.0. The summed E-state index contributed by atoms with van der Waals surface area (Å²) in [4.78, 5) is 2.60. The molecule has 15 rings (SSSR count). The fourth-order valence-corrected chi connectivity index (χ4v) is 16.2. The lowest BCUT2D eigenvalue weighted by molar-refractivity contribution is 0.669. The van der Waals surface area contributed by atoms with E-state index in [2.05, 4.69) is 341 Å². The first-order valence-electron chi connectivity index (χ1n) is 33.0. The first kappa shape index (κ1) is 59.0. The van der Waals surface area contributed by atoms with Crippen molar-refractivity contribution in [2.45, 2.75) is 69.2 Å². The Morgan fingerprint density at radius 3 is 1.06 bits per heavy atom. The van der Waals surface area contributed by atoms with Crippen LogP contribution in [0, 0.1) is 69.2 Å². The molecule has 0 fully saturated rings. The predicted molar refractivity (Wildman–Crippen MR) is 404 cm³/mol. The van der Waals surface area contributed by atoms with Gasteiger partial charge in [0.25, 0.3) is 0 Å². The van der Waals surface area contributed by atoms with Crippen molar-refractivity contribution >= 4 is 108 Å². The molecule has 13 aromatic carbocycles. The summed E-state index contributed by atoms with van der Waals surface area (Å²) in [5, 5.41) is 2.13. The summed E-state index contributed by atoms with van der Waals surface area (Å²) in [5.41, 5.74) is 38.6. The minimum Gasteiger partial charge on any atom is -0.456 e. The van der Waals surface area contributed by atoms with E-state index in [0.717, 1.165) is 72.4 Å². The van der Waals surface area contributed by atoms with Gasteiger partial charge in [0.15, 0.2) is 0 Å². The zero-order chi connectivity index (χ0) is 63.8. The van der Waals surface area contributed by atoms with Gasteiger partial charge in [-0.3, -0.25) is 0 Å². The topological polar surface area (TPSA) is 16.4 Å². The number of fused-ring (bicyclic) bond motifs is 9. The Labute approximate surface area is 550 Å². The van der Waals surface area contributed by atoms with Gasteiger partial charge in [-0.05, 0) is 145 Å². The van der Waals surface area contributed by atoms with Crippen LogP contribution >= 0.6 is 0 Å². The Kier molecular flexibility index (Phi) is 15.2. The second-order valence-electron chi connectivity index (χ2n) is 26.3. The van der Waals surface area contributed by atoms with Crippen LogP contribution in [-0.2, 0) is 0 Å². The van der Waals surface area contributed by atoms with Crippen molar-refractivity contribution in [3.05, 3.63) is 323 Å². The van der Waals surface area contributed by atoms with Crippen LogP contribution in [0.25, 0.3) is 66.4 Å². The molecule has 0 bridgehead atoms. The fraction of sp³-hybridized carbons (Fsp3) is 0.114. The number of nitrogens with zero attached hydrogens (tertiary/aromatic N) is 1. The largest absolute Gasteiger partial charge is 0.456 e. The van der Waals surface area contributed by atoms with Gasteiger partial charge < -0.3 is 9.32 Å². The fourth-order valence-electron chi connectivity index (χ4n) is 16.2. The van der Waals surface area contributed by atoms with Crippen LogP contribution in [0.15, 0.2) is 271 Å². The third kappa shape index (κ3) is 10.3. The Morgan fingerprint density at radius 2 is 0.645 bits per heavy atom. The molecule has 2 heterocycles. The van der Waals surface area contributed by atoms with Crippen molar-refractivity contribution in [3.63, 3.8) is 0 Å². The summed E-state index contributed by atoms with van der Waals surface area (Å²) >= 11 is 0. The van der Waals surface area contributed by atoms with Crippen molar-refractivity contribution in [1.82, 2.24) is 0 Å². The SMILES string of the molecule is Cc1cccc(C)c1B1c2ccc(B(c3c(C)cccc3C)c3c(C)cccc3C)cc2-c2cc(-c3ccccc3)ccc2N(c2cccc3oc4ccccc4c23)c2ccc(-c3ccccc3)cc2-c2cc(B(c3c(C)cccc3C)c3c(C)cccc3C)ccc21. The van der Waals surface area contributed by atoms with Crippen LogP contribution in [0.1, 0.15) is 55.6 Å². The van der Waals surface area contributed by atoms with E-state index < -0.39 is 0 Å². The van der Waals surface area contributed by atoms with Crippen molar-refractivity contribution in [1.29, 1.82) is 0 Å². The minimum atomic E-state index is -0.244. The van der Waals surface area contributed by atoms with Crippen LogP contribution in [-0.4, -0.2) is 20.1 Å². The first-order chi connectivity index (χ1) is 45.3. The highest BCUT2D eigenvalue weighted by Gasteiger charge is 2.38. The second kappa shape index (κ2) is 24.0. The molecule has 0 N–H and O–H groups in total. The van der Waals surface area contributed by atoms with E-state index >= 15 is 0 Å². The van der Waals surface area contributed by atoms with Crippen molar-refractivity contribution in [3.8, 4) is 44.5 Å². The Hall–Kier alpha value is -10.3.